The van der Waals surface area contributed by atoms with Crippen molar-refractivity contribution in [1.82, 2.24) is 14.7 Å². The van der Waals surface area contributed by atoms with Crippen LogP contribution in [0, 0.1) is 28.7 Å². The Balaban J connectivity index is 1.96. The molecule has 1 aliphatic heterocycles. The third-order valence-electron chi connectivity index (χ3n) is 5.06. The van der Waals surface area contributed by atoms with Gasteiger partial charge in [0.15, 0.2) is 0 Å². The summed E-state index contributed by atoms with van der Waals surface area (Å²) in [6.45, 7) is 6.38. The maximum atomic E-state index is 14.6. The summed E-state index contributed by atoms with van der Waals surface area (Å²) in [7, 11) is 1.58. The normalized spacial score (nSPS) is 21.2. The maximum absolute atomic E-state index is 14.6. The van der Waals surface area contributed by atoms with Crippen LogP contribution in [0.4, 0.5) is 20.3 Å². The molecule has 2 aromatic rings. The Morgan fingerprint density at radius 3 is 2.45 bits per heavy atom. The molecule has 3 rings (SSSR count). The van der Waals surface area contributed by atoms with E-state index in [4.69, 9.17) is 4.74 Å². The second-order valence-electron chi connectivity index (χ2n) is 7.41. The fraction of sp³-hybridized carbons (Fsp3) is 0.526. The topological polar surface area (TPSA) is 85.5 Å². The molecule has 1 aliphatic rings. The Labute approximate surface area is 167 Å². The molecule has 0 bridgehead atoms. The number of aryl methyl sites for hydroxylation is 2. The average molecular weight is 409 g/mol. The van der Waals surface area contributed by atoms with Gasteiger partial charge in [-0.25, -0.2) is 13.5 Å². The zero-order chi connectivity index (χ0) is 21.3. The van der Waals surface area contributed by atoms with Crippen LogP contribution in [-0.2, 0) is 11.8 Å². The van der Waals surface area contributed by atoms with Crippen LogP contribution in [0.25, 0.3) is 0 Å². The lowest BCUT2D eigenvalue weighted by atomic mass is 10.0. The quantitative estimate of drug-likeness (QED) is 0.583. The van der Waals surface area contributed by atoms with Crippen molar-refractivity contribution in [3.8, 4) is 0 Å². The number of ether oxygens (including phenoxy) is 1. The molecule has 1 saturated heterocycles. The highest BCUT2D eigenvalue weighted by atomic mass is 19.1. The summed E-state index contributed by atoms with van der Waals surface area (Å²) in [5.41, 5.74) is 0.0500. The molecule has 1 N–H and O–H groups in total. The van der Waals surface area contributed by atoms with Crippen molar-refractivity contribution in [3.63, 3.8) is 0 Å². The number of hydrogen-bond acceptors (Lipinski definition) is 6. The highest BCUT2D eigenvalue weighted by molar-refractivity contribution is 5.59. The minimum Gasteiger partial charge on any atom is -0.373 e. The van der Waals surface area contributed by atoms with Crippen molar-refractivity contribution in [3.05, 3.63) is 51.2 Å². The molecule has 29 heavy (non-hydrogen) atoms. The Kier molecular flexibility index (Phi) is 6.13. The van der Waals surface area contributed by atoms with Gasteiger partial charge in [-0.3, -0.25) is 15.0 Å². The number of nitro groups is 1. The van der Waals surface area contributed by atoms with Crippen molar-refractivity contribution >= 4 is 11.5 Å². The number of aromatic nitrogens is 2. The van der Waals surface area contributed by atoms with Crippen LogP contribution >= 0.6 is 0 Å². The van der Waals surface area contributed by atoms with Gasteiger partial charge in [-0.1, -0.05) is 6.07 Å². The largest absolute Gasteiger partial charge is 0.373 e. The van der Waals surface area contributed by atoms with Gasteiger partial charge in [0.1, 0.15) is 17.3 Å². The van der Waals surface area contributed by atoms with Gasteiger partial charge in [-0.05, 0) is 32.9 Å². The lowest BCUT2D eigenvalue weighted by Gasteiger charge is -2.40. The van der Waals surface area contributed by atoms with Crippen LogP contribution < -0.4 is 5.32 Å². The van der Waals surface area contributed by atoms with Crippen LogP contribution in [0.1, 0.15) is 31.1 Å². The molecule has 3 unspecified atom stereocenters. The van der Waals surface area contributed by atoms with Gasteiger partial charge in [0.25, 0.3) is 0 Å². The van der Waals surface area contributed by atoms with Crippen LogP contribution in [-0.4, -0.2) is 51.4 Å². The molecule has 0 aliphatic carbocycles. The summed E-state index contributed by atoms with van der Waals surface area (Å²) < 4.78 is 36.3. The predicted octanol–water partition coefficient (Wildman–Crippen LogP) is 3.18. The first-order valence-corrected chi connectivity index (χ1v) is 9.44. The third kappa shape index (κ3) is 4.38. The monoisotopic (exact) mass is 409 g/mol. The number of nitrogens with one attached hydrogen (secondary N) is 1. The van der Waals surface area contributed by atoms with Gasteiger partial charge < -0.3 is 10.1 Å². The number of rotatable bonds is 6. The van der Waals surface area contributed by atoms with E-state index in [-0.39, 0.29) is 41.5 Å². The molecule has 0 spiro atoms. The number of morpholine rings is 1. The fourth-order valence-corrected chi connectivity index (χ4v) is 3.97. The molecule has 1 fully saturated rings. The average Bonchev–Trinajstić information content (AvgIpc) is 2.90. The summed E-state index contributed by atoms with van der Waals surface area (Å²) in [4.78, 5) is 12.9. The molecule has 1 aromatic heterocycles. The number of nitrogens with zero attached hydrogens (tertiary/aromatic N) is 4. The minimum atomic E-state index is -0.681. The summed E-state index contributed by atoms with van der Waals surface area (Å²) >= 11 is 0. The molecule has 10 heteroatoms. The van der Waals surface area contributed by atoms with Gasteiger partial charge in [-0.15, -0.1) is 0 Å². The lowest BCUT2D eigenvalue weighted by Crippen LogP contribution is -2.48. The van der Waals surface area contributed by atoms with E-state index >= 15 is 0 Å². The second kappa shape index (κ2) is 8.42. The minimum absolute atomic E-state index is 0.0666. The number of anilines is 1. The molecule has 0 amide bonds. The zero-order valence-electron chi connectivity index (χ0n) is 16.9. The highest BCUT2D eigenvalue weighted by Crippen LogP contribution is 2.32. The van der Waals surface area contributed by atoms with E-state index in [2.05, 4.69) is 10.4 Å². The van der Waals surface area contributed by atoms with E-state index in [9.17, 15) is 18.9 Å². The predicted molar refractivity (Wildman–Crippen MR) is 104 cm³/mol. The Morgan fingerprint density at radius 2 is 1.90 bits per heavy atom. The van der Waals surface area contributed by atoms with Gasteiger partial charge in [0.05, 0.1) is 23.2 Å². The van der Waals surface area contributed by atoms with E-state index in [1.165, 1.54) is 22.9 Å². The van der Waals surface area contributed by atoms with Gasteiger partial charge >= 0.3 is 5.69 Å². The van der Waals surface area contributed by atoms with E-state index in [0.717, 1.165) is 0 Å². The van der Waals surface area contributed by atoms with E-state index in [1.807, 2.05) is 18.7 Å². The van der Waals surface area contributed by atoms with Crippen molar-refractivity contribution in [1.29, 1.82) is 0 Å². The molecule has 0 saturated carbocycles. The number of benzene rings is 1. The molecular formula is C19H25F2N5O3. The Morgan fingerprint density at radius 1 is 1.31 bits per heavy atom. The van der Waals surface area contributed by atoms with E-state index in [1.54, 1.807) is 14.0 Å². The molecule has 3 atom stereocenters. The fourth-order valence-electron chi connectivity index (χ4n) is 3.97. The highest BCUT2D eigenvalue weighted by Gasteiger charge is 2.33. The molecule has 1 aromatic carbocycles. The first kappa shape index (κ1) is 21.1. The molecule has 0 radical (unpaired) electrons. The summed E-state index contributed by atoms with van der Waals surface area (Å²) in [6.07, 6.45) is -0.214. The Bertz CT molecular complexity index is 874. The number of hydrogen-bond donors (Lipinski definition) is 1. The van der Waals surface area contributed by atoms with Crippen molar-refractivity contribution in [2.45, 2.75) is 39.0 Å². The Hall–Kier alpha value is -2.59. The summed E-state index contributed by atoms with van der Waals surface area (Å²) in [5, 5.41) is 18.5. The first-order valence-electron chi connectivity index (χ1n) is 9.44. The van der Waals surface area contributed by atoms with Gasteiger partial charge in [-0.2, -0.15) is 5.10 Å². The van der Waals surface area contributed by atoms with Crippen molar-refractivity contribution < 1.29 is 18.4 Å². The zero-order valence-corrected chi connectivity index (χ0v) is 16.9. The SMILES string of the molecule is Cc1nn(C)c(NCC(c2c(F)cccc2F)N2CC(C)OC(C)C2)c1[N+](=O)[O-]. The van der Waals surface area contributed by atoms with Gasteiger partial charge in [0, 0.05) is 32.2 Å². The van der Waals surface area contributed by atoms with Crippen LogP contribution in [0.2, 0.25) is 0 Å². The van der Waals surface area contributed by atoms with Crippen molar-refractivity contribution in [2.75, 3.05) is 25.0 Å². The summed E-state index contributed by atoms with van der Waals surface area (Å²) in [5.74, 6) is -1.11. The second-order valence-corrected chi connectivity index (χ2v) is 7.41. The lowest BCUT2D eigenvalue weighted by molar-refractivity contribution is -0.384. The molecular weight excluding hydrogens is 384 g/mol. The molecule has 8 nitrogen and oxygen atoms in total. The van der Waals surface area contributed by atoms with Crippen molar-refractivity contribution in [2.24, 2.45) is 7.05 Å². The number of halogens is 2. The van der Waals surface area contributed by atoms with Gasteiger partial charge in [0.2, 0.25) is 5.82 Å². The van der Waals surface area contributed by atoms with Crippen LogP contribution in [0.3, 0.4) is 0 Å². The third-order valence-corrected chi connectivity index (χ3v) is 5.06. The standard InChI is InChI=1S/C19H25F2N5O3/c1-11-9-25(10-12(2)29-11)16(17-14(20)6-5-7-15(17)21)8-22-19-18(26(27)28)13(3)23-24(19)4/h5-7,11-12,16,22H,8-10H2,1-4H3. The molecule has 158 valence electrons. The molecule has 2 heterocycles. The first-order chi connectivity index (χ1) is 13.7. The summed E-state index contributed by atoms with van der Waals surface area (Å²) in [6, 6.07) is 3.07. The van der Waals surface area contributed by atoms with Crippen LogP contribution in [0.5, 0.6) is 0 Å². The van der Waals surface area contributed by atoms with E-state index < -0.39 is 22.6 Å². The van der Waals surface area contributed by atoms with Crippen LogP contribution in [0.15, 0.2) is 18.2 Å². The smallest absolute Gasteiger partial charge is 0.333 e. The maximum Gasteiger partial charge on any atom is 0.333 e. The van der Waals surface area contributed by atoms with E-state index in [0.29, 0.717) is 13.1 Å².